The van der Waals surface area contributed by atoms with Crippen LogP contribution in [0.2, 0.25) is 0 Å². The molecule has 6 nitrogen and oxygen atoms in total. The highest BCUT2D eigenvalue weighted by molar-refractivity contribution is 9.10. The first kappa shape index (κ1) is 15.4. The van der Waals surface area contributed by atoms with Gasteiger partial charge in [0, 0.05) is 36.2 Å². The minimum Gasteiger partial charge on any atom is -0.339 e. The molecule has 1 aromatic carbocycles. The second kappa shape index (κ2) is 5.96. The minimum atomic E-state index is -0.462. The number of carbonyl (C=O) groups is 1. The molecule has 2 saturated heterocycles. The summed E-state index contributed by atoms with van der Waals surface area (Å²) in [4.78, 5) is 24.8. The average Bonchev–Trinajstić information content (AvgIpc) is 2.95. The molecule has 1 spiro atoms. The van der Waals surface area contributed by atoms with Gasteiger partial charge in [-0.25, -0.2) is 0 Å². The van der Waals surface area contributed by atoms with E-state index >= 15 is 0 Å². The van der Waals surface area contributed by atoms with Gasteiger partial charge < -0.3 is 10.2 Å². The molecule has 0 radical (unpaired) electrons. The number of nitrogens with one attached hydrogen (secondary N) is 1. The molecule has 0 bridgehead atoms. The van der Waals surface area contributed by atoms with Crippen molar-refractivity contribution >= 4 is 27.5 Å². The van der Waals surface area contributed by atoms with E-state index in [2.05, 4.69) is 21.2 Å². The number of nitrogens with zero attached hydrogens (tertiary/aromatic N) is 2. The summed E-state index contributed by atoms with van der Waals surface area (Å²) in [6, 6.07) is 4.30. The molecule has 0 saturated carbocycles. The van der Waals surface area contributed by atoms with Crippen LogP contribution < -0.4 is 5.32 Å². The quantitative estimate of drug-likeness (QED) is 0.643. The SMILES string of the molecule is O=C(c1ccc([N+](=O)[O-])cc1Br)N1CCC2(CCNC2)CC1. The number of hydrogen-bond donors (Lipinski definition) is 1. The molecule has 3 rings (SSSR count). The zero-order chi connectivity index (χ0) is 15.7. The number of likely N-dealkylation sites (tertiary alicyclic amines) is 1. The summed E-state index contributed by atoms with van der Waals surface area (Å²) < 4.78 is 0.481. The van der Waals surface area contributed by atoms with Crippen LogP contribution in [0.15, 0.2) is 22.7 Å². The van der Waals surface area contributed by atoms with Gasteiger partial charge in [0.2, 0.25) is 0 Å². The second-order valence-corrected chi connectivity index (χ2v) is 6.99. The number of nitro groups is 1. The fourth-order valence-electron chi connectivity index (χ4n) is 3.37. The van der Waals surface area contributed by atoms with Crippen LogP contribution >= 0.6 is 15.9 Å². The Hall–Kier alpha value is -1.47. The first-order valence-corrected chi connectivity index (χ1v) is 8.24. The van der Waals surface area contributed by atoms with Crippen LogP contribution in [0, 0.1) is 15.5 Å². The molecule has 2 fully saturated rings. The number of rotatable bonds is 2. The van der Waals surface area contributed by atoms with Crippen molar-refractivity contribution in [2.75, 3.05) is 26.2 Å². The summed E-state index contributed by atoms with van der Waals surface area (Å²) in [6.45, 7) is 3.63. The zero-order valence-electron chi connectivity index (χ0n) is 12.2. The highest BCUT2D eigenvalue weighted by Crippen LogP contribution is 2.37. The predicted molar refractivity (Wildman–Crippen MR) is 85.9 cm³/mol. The van der Waals surface area contributed by atoms with Crippen molar-refractivity contribution in [2.45, 2.75) is 19.3 Å². The molecule has 2 heterocycles. The van der Waals surface area contributed by atoms with E-state index in [0.717, 1.165) is 39.0 Å². The van der Waals surface area contributed by atoms with Gasteiger partial charge >= 0.3 is 0 Å². The van der Waals surface area contributed by atoms with Crippen LogP contribution in [-0.2, 0) is 0 Å². The fourth-order valence-corrected chi connectivity index (χ4v) is 3.90. The molecule has 1 aromatic rings. The third kappa shape index (κ3) is 2.87. The molecule has 1 N–H and O–H groups in total. The van der Waals surface area contributed by atoms with E-state index in [4.69, 9.17) is 0 Å². The van der Waals surface area contributed by atoms with Gasteiger partial charge in [0.25, 0.3) is 11.6 Å². The molecule has 2 aliphatic rings. The van der Waals surface area contributed by atoms with E-state index in [1.54, 1.807) is 0 Å². The zero-order valence-corrected chi connectivity index (χ0v) is 13.8. The summed E-state index contributed by atoms with van der Waals surface area (Å²) in [5, 5.41) is 14.2. The van der Waals surface area contributed by atoms with E-state index in [9.17, 15) is 14.9 Å². The van der Waals surface area contributed by atoms with Gasteiger partial charge in [-0.15, -0.1) is 0 Å². The number of nitro benzene ring substituents is 1. The maximum absolute atomic E-state index is 12.6. The number of piperidine rings is 1. The number of amides is 1. The topological polar surface area (TPSA) is 75.5 Å². The molecular weight excluding hydrogens is 350 g/mol. The third-order valence-electron chi connectivity index (χ3n) is 4.84. The van der Waals surface area contributed by atoms with Gasteiger partial charge in [0.1, 0.15) is 0 Å². The number of hydrogen-bond acceptors (Lipinski definition) is 4. The van der Waals surface area contributed by atoms with E-state index < -0.39 is 4.92 Å². The highest BCUT2D eigenvalue weighted by atomic mass is 79.9. The Bertz CT molecular complexity index is 604. The Kier molecular flexibility index (Phi) is 4.18. The molecule has 0 aromatic heterocycles. The van der Waals surface area contributed by atoms with Crippen LogP contribution in [0.25, 0.3) is 0 Å². The lowest BCUT2D eigenvalue weighted by Gasteiger charge is -2.39. The average molecular weight is 368 g/mol. The maximum atomic E-state index is 12.6. The van der Waals surface area contributed by atoms with Crippen LogP contribution in [0.5, 0.6) is 0 Å². The number of benzene rings is 1. The number of non-ortho nitro benzene ring substituents is 1. The van der Waals surface area contributed by atoms with Crippen LogP contribution in [0.4, 0.5) is 5.69 Å². The van der Waals surface area contributed by atoms with Gasteiger partial charge in [0.15, 0.2) is 0 Å². The summed E-state index contributed by atoms with van der Waals surface area (Å²) in [7, 11) is 0. The lowest BCUT2D eigenvalue weighted by atomic mass is 9.78. The molecule has 0 atom stereocenters. The van der Waals surface area contributed by atoms with E-state index in [-0.39, 0.29) is 11.6 Å². The largest absolute Gasteiger partial charge is 0.339 e. The lowest BCUT2D eigenvalue weighted by Crippen LogP contribution is -2.44. The molecule has 0 unspecified atom stereocenters. The van der Waals surface area contributed by atoms with Crippen molar-refractivity contribution in [1.82, 2.24) is 10.2 Å². The Balaban J connectivity index is 1.71. The number of halogens is 1. The first-order chi connectivity index (χ1) is 10.5. The summed E-state index contributed by atoms with van der Waals surface area (Å²) in [5.74, 6) is -0.0532. The van der Waals surface area contributed by atoms with Crippen molar-refractivity contribution in [3.05, 3.63) is 38.3 Å². The van der Waals surface area contributed by atoms with E-state index in [1.807, 2.05) is 4.90 Å². The van der Waals surface area contributed by atoms with Crippen LogP contribution in [0.3, 0.4) is 0 Å². The number of carbonyl (C=O) groups excluding carboxylic acids is 1. The Morgan fingerprint density at radius 3 is 2.59 bits per heavy atom. The van der Waals surface area contributed by atoms with Gasteiger partial charge in [-0.1, -0.05) is 0 Å². The maximum Gasteiger partial charge on any atom is 0.270 e. The van der Waals surface area contributed by atoms with Crippen LogP contribution in [-0.4, -0.2) is 41.9 Å². The van der Waals surface area contributed by atoms with Crippen molar-refractivity contribution in [3.8, 4) is 0 Å². The van der Waals surface area contributed by atoms with Gasteiger partial charge in [-0.3, -0.25) is 14.9 Å². The molecule has 0 aliphatic carbocycles. The summed E-state index contributed by atoms with van der Waals surface area (Å²) in [5.41, 5.74) is 0.841. The Morgan fingerprint density at radius 1 is 1.32 bits per heavy atom. The van der Waals surface area contributed by atoms with Crippen molar-refractivity contribution < 1.29 is 9.72 Å². The second-order valence-electron chi connectivity index (χ2n) is 6.14. The normalized spacial score (nSPS) is 20.3. The van der Waals surface area contributed by atoms with Crippen LogP contribution in [0.1, 0.15) is 29.6 Å². The van der Waals surface area contributed by atoms with E-state index in [1.165, 1.54) is 24.6 Å². The standard InChI is InChI=1S/C15H18BrN3O3/c16-13-9-11(19(21)22)1-2-12(13)14(20)18-7-4-15(5-8-18)3-6-17-10-15/h1-2,9,17H,3-8,10H2. The molecule has 1 amide bonds. The minimum absolute atomic E-state index is 0.0157. The van der Waals surface area contributed by atoms with Gasteiger partial charge in [-0.05, 0) is 53.2 Å². The molecule has 2 aliphatic heterocycles. The lowest BCUT2D eigenvalue weighted by molar-refractivity contribution is -0.384. The third-order valence-corrected chi connectivity index (χ3v) is 5.49. The highest BCUT2D eigenvalue weighted by Gasteiger charge is 2.38. The molecule has 22 heavy (non-hydrogen) atoms. The van der Waals surface area contributed by atoms with Gasteiger partial charge in [0.05, 0.1) is 10.5 Å². The van der Waals surface area contributed by atoms with Crippen molar-refractivity contribution in [3.63, 3.8) is 0 Å². The Labute approximate surface area is 137 Å². The monoisotopic (exact) mass is 367 g/mol. The first-order valence-electron chi connectivity index (χ1n) is 7.45. The van der Waals surface area contributed by atoms with Gasteiger partial charge in [-0.2, -0.15) is 0 Å². The van der Waals surface area contributed by atoms with E-state index in [0.29, 0.717) is 15.5 Å². The molecule has 7 heteroatoms. The predicted octanol–water partition coefficient (Wildman–Crippen LogP) is 2.57. The summed E-state index contributed by atoms with van der Waals surface area (Å²) in [6.07, 6.45) is 3.24. The molecular formula is C15H18BrN3O3. The Morgan fingerprint density at radius 2 is 2.05 bits per heavy atom. The smallest absolute Gasteiger partial charge is 0.270 e. The van der Waals surface area contributed by atoms with Crippen molar-refractivity contribution in [2.24, 2.45) is 5.41 Å². The molecule has 118 valence electrons. The fraction of sp³-hybridized carbons (Fsp3) is 0.533. The summed E-state index contributed by atoms with van der Waals surface area (Å²) >= 11 is 3.28. The van der Waals surface area contributed by atoms with Crippen molar-refractivity contribution in [1.29, 1.82) is 0 Å².